The average molecular weight is 314 g/mol. The molecule has 22 heavy (non-hydrogen) atoms. The highest BCUT2D eigenvalue weighted by Gasteiger charge is 2.45. The number of nitrogens with one attached hydrogen (secondary N) is 1. The van der Waals surface area contributed by atoms with E-state index in [9.17, 15) is 14.7 Å². The Hall–Kier alpha value is -1.14. The molecule has 0 aliphatic heterocycles. The van der Waals surface area contributed by atoms with Crippen LogP contribution in [0.2, 0.25) is 0 Å². The lowest BCUT2D eigenvalue weighted by atomic mass is 9.73. The van der Waals surface area contributed by atoms with E-state index in [4.69, 9.17) is 10.5 Å². The number of rotatable bonds is 7. The van der Waals surface area contributed by atoms with Gasteiger partial charge in [0.05, 0.1) is 11.6 Å². The van der Waals surface area contributed by atoms with Crippen LogP contribution in [0.15, 0.2) is 0 Å². The number of carbonyl (C=O) groups excluding carboxylic acids is 2. The van der Waals surface area contributed by atoms with Crippen LogP contribution >= 0.6 is 0 Å². The normalized spacial score (nSPS) is 29.7. The number of esters is 1. The van der Waals surface area contributed by atoms with Crippen LogP contribution in [0.1, 0.15) is 65.7 Å². The minimum Gasteiger partial charge on any atom is -0.463 e. The van der Waals surface area contributed by atoms with Crippen LogP contribution in [0.4, 0.5) is 0 Å². The molecule has 1 aliphatic rings. The Morgan fingerprint density at radius 2 is 2.14 bits per heavy atom. The van der Waals surface area contributed by atoms with E-state index in [2.05, 4.69) is 5.32 Å². The Balaban J connectivity index is 2.85. The Morgan fingerprint density at radius 3 is 2.73 bits per heavy atom. The molecule has 1 saturated carbocycles. The van der Waals surface area contributed by atoms with Crippen LogP contribution in [-0.2, 0) is 14.3 Å². The first-order valence-electron chi connectivity index (χ1n) is 8.28. The lowest BCUT2D eigenvalue weighted by Crippen LogP contribution is -2.65. The Bertz CT molecular complexity index is 388. The summed E-state index contributed by atoms with van der Waals surface area (Å²) in [6.45, 7) is 5.45. The zero-order valence-electron chi connectivity index (χ0n) is 13.9. The molecule has 4 N–H and O–H groups in total. The molecule has 0 aromatic carbocycles. The molecule has 128 valence electrons. The van der Waals surface area contributed by atoms with Crippen molar-refractivity contribution in [3.05, 3.63) is 0 Å². The zero-order chi connectivity index (χ0) is 16.8. The quantitative estimate of drug-likeness (QED) is 0.614. The molecule has 0 spiro atoms. The fourth-order valence-corrected chi connectivity index (χ4v) is 3.21. The predicted molar refractivity (Wildman–Crippen MR) is 84.1 cm³/mol. The maximum Gasteiger partial charge on any atom is 0.305 e. The van der Waals surface area contributed by atoms with Crippen molar-refractivity contribution in [1.82, 2.24) is 5.32 Å². The number of amides is 1. The van der Waals surface area contributed by atoms with Crippen molar-refractivity contribution in [1.29, 1.82) is 0 Å². The van der Waals surface area contributed by atoms with E-state index in [-0.39, 0.29) is 24.0 Å². The third kappa shape index (κ3) is 4.95. The van der Waals surface area contributed by atoms with Gasteiger partial charge in [0.2, 0.25) is 5.91 Å². The van der Waals surface area contributed by atoms with Crippen molar-refractivity contribution in [2.75, 3.05) is 0 Å². The first-order chi connectivity index (χ1) is 10.3. The van der Waals surface area contributed by atoms with E-state index in [1.807, 2.05) is 6.92 Å². The van der Waals surface area contributed by atoms with Crippen molar-refractivity contribution in [2.24, 2.45) is 5.73 Å². The molecule has 6 heteroatoms. The number of hydrogen-bond donors (Lipinski definition) is 3. The second-order valence-electron chi connectivity index (χ2n) is 6.31. The van der Waals surface area contributed by atoms with E-state index in [1.54, 1.807) is 13.8 Å². The summed E-state index contributed by atoms with van der Waals surface area (Å²) in [6, 6.07) is -0.371. The second-order valence-corrected chi connectivity index (χ2v) is 6.31. The van der Waals surface area contributed by atoms with Gasteiger partial charge in [-0.2, -0.15) is 0 Å². The largest absolute Gasteiger partial charge is 0.463 e. The molecule has 4 atom stereocenters. The molecular formula is C16H30N2O4. The standard InChI is InChI=1S/C16H30N2O4/c1-4-7-13(19)18-16(9-6-8-12(17)15(16)21)10-11(3)22-14(20)5-2/h11-12,15,21H,4-10,17H2,1-3H3,(H,18,19). The van der Waals surface area contributed by atoms with Crippen molar-refractivity contribution in [3.8, 4) is 0 Å². The molecule has 6 nitrogen and oxygen atoms in total. The molecule has 0 aromatic rings. The second kappa shape index (κ2) is 8.48. The van der Waals surface area contributed by atoms with Crippen molar-refractivity contribution in [3.63, 3.8) is 0 Å². The Morgan fingerprint density at radius 1 is 1.45 bits per heavy atom. The lowest BCUT2D eigenvalue weighted by Gasteiger charge is -2.46. The molecule has 0 aromatic heterocycles. The smallest absolute Gasteiger partial charge is 0.305 e. The topological polar surface area (TPSA) is 102 Å². The maximum absolute atomic E-state index is 12.1. The first-order valence-corrected chi connectivity index (χ1v) is 8.28. The van der Waals surface area contributed by atoms with Crippen LogP contribution in [0.5, 0.6) is 0 Å². The summed E-state index contributed by atoms with van der Waals surface area (Å²) in [5.41, 5.74) is 5.19. The average Bonchev–Trinajstić information content (AvgIpc) is 2.44. The van der Waals surface area contributed by atoms with Crippen LogP contribution < -0.4 is 11.1 Å². The summed E-state index contributed by atoms with van der Waals surface area (Å²) < 4.78 is 5.31. The van der Waals surface area contributed by atoms with E-state index in [0.29, 0.717) is 25.7 Å². The van der Waals surface area contributed by atoms with Crippen LogP contribution in [0, 0.1) is 0 Å². The molecule has 1 fully saturated rings. The number of aliphatic hydroxyl groups is 1. The van der Waals surface area contributed by atoms with E-state index < -0.39 is 11.6 Å². The van der Waals surface area contributed by atoms with Crippen LogP contribution in [0.25, 0.3) is 0 Å². The van der Waals surface area contributed by atoms with Crippen molar-refractivity contribution in [2.45, 2.75) is 89.5 Å². The minimum absolute atomic E-state index is 0.0929. The van der Waals surface area contributed by atoms with Gasteiger partial charge in [-0.25, -0.2) is 0 Å². The van der Waals surface area contributed by atoms with Gasteiger partial charge in [-0.1, -0.05) is 13.8 Å². The fraction of sp³-hybridized carbons (Fsp3) is 0.875. The number of nitrogens with two attached hydrogens (primary N) is 1. The number of ether oxygens (including phenoxy) is 1. The molecule has 1 rings (SSSR count). The third-order valence-electron chi connectivity index (χ3n) is 4.27. The van der Waals surface area contributed by atoms with Gasteiger partial charge in [0.25, 0.3) is 0 Å². The van der Waals surface area contributed by atoms with Gasteiger partial charge >= 0.3 is 5.97 Å². The minimum atomic E-state index is -0.829. The molecule has 0 radical (unpaired) electrons. The summed E-state index contributed by atoms with van der Waals surface area (Å²) in [6.07, 6.45) is 2.83. The molecule has 1 amide bonds. The summed E-state index contributed by atoms with van der Waals surface area (Å²) in [4.78, 5) is 23.5. The molecular weight excluding hydrogens is 284 g/mol. The zero-order valence-corrected chi connectivity index (χ0v) is 13.9. The van der Waals surface area contributed by atoms with Gasteiger partial charge in [0.1, 0.15) is 6.10 Å². The van der Waals surface area contributed by atoms with Gasteiger partial charge in [-0.05, 0) is 32.6 Å². The highest BCUT2D eigenvalue weighted by atomic mass is 16.5. The molecule has 4 unspecified atom stereocenters. The van der Waals surface area contributed by atoms with E-state index >= 15 is 0 Å². The van der Waals surface area contributed by atoms with Gasteiger partial charge in [0, 0.05) is 25.3 Å². The first kappa shape index (κ1) is 18.9. The summed E-state index contributed by atoms with van der Waals surface area (Å²) >= 11 is 0. The molecule has 1 aliphatic carbocycles. The van der Waals surface area contributed by atoms with E-state index in [1.165, 1.54) is 0 Å². The molecule has 0 saturated heterocycles. The summed E-state index contributed by atoms with van der Waals surface area (Å²) in [5.74, 6) is -0.373. The lowest BCUT2D eigenvalue weighted by molar-refractivity contribution is -0.150. The van der Waals surface area contributed by atoms with Gasteiger partial charge in [-0.3, -0.25) is 9.59 Å². The maximum atomic E-state index is 12.1. The van der Waals surface area contributed by atoms with Crippen LogP contribution in [-0.4, -0.2) is 40.8 Å². The van der Waals surface area contributed by atoms with Crippen molar-refractivity contribution >= 4 is 11.9 Å². The highest BCUT2D eigenvalue weighted by Crippen LogP contribution is 2.33. The predicted octanol–water partition coefficient (Wildman–Crippen LogP) is 1.25. The Kier molecular flexibility index (Phi) is 7.29. The van der Waals surface area contributed by atoms with Gasteiger partial charge < -0.3 is 20.9 Å². The van der Waals surface area contributed by atoms with E-state index in [0.717, 1.165) is 19.3 Å². The SMILES string of the molecule is CCCC(=O)NC1(CC(C)OC(=O)CC)CCCC(N)C1O. The third-order valence-corrected chi connectivity index (χ3v) is 4.27. The number of aliphatic hydroxyl groups excluding tert-OH is 1. The number of hydrogen-bond acceptors (Lipinski definition) is 5. The monoisotopic (exact) mass is 314 g/mol. The summed E-state index contributed by atoms with van der Waals surface area (Å²) in [5, 5.41) is 13.5. The van der Waals surface area contributed by atoms with Crippen LogP contribution in [0.3, 0.4) is 0 Å². The van der Waals surface area contributed by atoms with Crippen molar-refractivity contribution < 1.29 is 19.4 Å². The molecule has 0 bridgehead atoms. The highest BCUT2D eigenvalue weighted by molar-refractivity contribution is 5.77. The van der Waals surface area contributed by atoms with Gasteiger partial charge in [-0.15, -0.1) is 0 Å². The number of carbonyl (C=O) groups is 2. The molecule has 0 heterocycles. The van der Waals surface area contributed by atoms with Gasteiger partial charge in [0.15, 0.2) is 0 Å². The summed E-state index contributed by atoms with van der Waals surface area (Å²) in [7, 11) is 0. The fourth-order valence-electron chi connectivity index (χ4n) is 3.21. The Labute approximate surface area is 132 Å².